The Morgan fingerprint density at radius 1 is 0.972 bits per heavy atom. The van der Waals surface area contributed by atoms with Gasteiger partial charge in [0.2, 0.25) is 11.6 Å². The second kappa shape index (κ2) is 18.3. The summed E-state index contributed by atoms with van der Waals surface area (Å²) in [6.45, 7) is 9.18. The Morgan fingerprint density at radius 3 is 1.69 bits per heavy atom. The van der Waals surface area contributed by atoms with Crippen molar-refractivity contribution in [2.75, 3.05) is 0 Å². The molecule has 2 aliphatic rings. The third kappa shape index (κ3) is 10.4. The zero-order valence-electron chi connectivity index (χ0n) is 22.8. The molecule has 0 aromatic carbocycles. The van der Waals surface area contributed by atoms with Crippen LogP contribution in [0.4, 0.5) is 0 Å². The van der Waals surface area contributed by atoms with E-state index in [1.165, 1.54) is 100 Å². The molecule has 2 saturated heterocycles. The van der Waals surface area contributed by atoms with Crippen LogP contribution in [-0.2, 0) is 14.4 Å². The third-order valence-electron chi connectivity index (χ3n) is 7.04. The van der Waals surface area contributed by atoms with Gasteiger partial charge in [-0.2, -0.15) is 0 Å². The van der Waals surface area contributed by atoms with Crippen LogP contribution in [0.3, 0.4) is 0 Å². The van der Waals surface area contributed by atoms with Gasteiger partial charge in [0, 0.05) is 5.97 Å². The van der Waals surface area contributed by atoms with Crippen LogP contribution in [0.1, 0.15) is 130 Å². The SMILES string of the molecule is C=N[C@@]1(C(=O)O)N2C(=O)C[C@H]2SC1(C)C.CCCCCCCCCCCCCCCCCC(=O)[O-].[Al+]. The number of hydrogen-bond acceptors (Lipinski definition) is 6. The van der Waals surface area contributed by atoms with Crippen LogP contribution in [0.2, 0.25) is 0 Å². The zero-order valence-corrected chi connectivity index (χ0v) is 24.7. The number of amides is 1. The van der Waals surface area contributed by atoms with E-state index in [0.29, 0.717) is 6.42 Å². The van der Waals surface area contributed by atoms with E-state index in [-0.39, 0.29) is 35.1 Å². The van der Waals surface area contributed by atoms with Crippen molar-refractivity contribution in [3.63, 3.8) is 0 Å². The van der Waals surface area contributed by atoms with Gasteiger partial charge in [0.15, 0.2) is 0 Å². The van der Waals surface area contributed by atoms with Crippen LogP contribution < -0.4 is 5.11 Å². The fraction of sp³-hybridized carbons (Fsp3) is 0.852. The average molecular weight is 539 g/mol. The van der Waals surface area contributed by atoms with Gasteiger partial charge in [-0.15, -0.1) is 11.8 Å². The molecule has 0 spiro atoms. The minimum atomic E-state index is -1.50. The number of rotatable bonds is 18. The summed E-state index contributed by atoms with van der Waals surface area (Å²) in [4.78, 5) is 38.1. The van der Waals surface area contributed by atoms with Crippen LogP contribution in [0.15, 0.2) is 4.99 Å². The number of hydrogen-bond donors (Lipinski definition) is 1. The molecule has 2 fully saturated rings. The first-order chi connectivity index (χ1) is 16.6. The molecule has 0 aromatic heterocycles. The molecular formula is C27H47AlN2O5S. The number of fused-ring (bicyclic) bond motifs is 1. The minimum Gasteiger partial charge on any atom is -0.550 e. The molecule has 2 aliphatic heterocycles. The number of unbranched alkanes of at least 4 members (excludes halogenated alkanes) is 14. The van der Waals surface area contributed by atoms with Gasteiger partial charge in [-0.05, 0) is 33.4 Å². The van der Waals surface area contributed by atoms with Crippen molar-refractivity contribution in [2.24, 2.45) is 4.99 Å². The maximum atomic E-state index is 11.4. The van der Waals surface area contributed by atoms with E-state index >= 15 is 0 Å². The van der Waals surface area contributed by atoms with E-state index in [9.17, 15) is 24.6 Å². The van der Waals surface area contributed by atoms with Crippen LogP contribution in [-0.4, -0.2) is 67.7 Å². The van der Waals surface area contributed by atoms with Crippen molar-refractivity contribution in [1.82, 2.24) is 4.90 Å². The Hall–Kier alpha value is -1.04. The molecule has 204 valence electrons. The van der Waals surface area contributed by atoms with Gasteiger partial charge in [0.25, 0.3) is 0 Å². The number of aliphatic carboxylic acids is 2. The van der Waals surface area contributed by atoms with Gasteiger partial charge in [0.05, 0.1) is 16.5 Å². The number of aliphatic imine (C=N–C) groups is 1. The first-order valence-electron chi connectivity index (χ1n) is 13.5. The van der Waals surface area contributed by atoms with Gasteiger partial charge in [0.1, 0.15) is 0 Å². The number of thioether (sulfide) groups is 1. The zero-order chi connectivity index (χ0) is 26.3. The molecule has 0 aliphatic carbocycles. The molecule has 0 bridgehead atoms. The molecular weight excluding hydrogens is 491 g/mol. The van der Waals surface area contributed by atoms with E-state index < -0.39 is 22.3 Å². The predicted octanol–water partition coefficient (Wildman–Crippen LogP) is 5.17. The topological polar surface area (TPSA) is 110 Å². The fourth-order valence-corrected chi connectivity index (χ4v) is 6.61. The summed E-state index contributed by atoms with van der Waals surface area (Å²) in [5.74, 6) is -2.17. The summed E-state index contributed by atoms with van der Waals surface area (Å²) in [5, 5.41) is 19.5. The molecule has 0 unspecified atom stereocenters. The molecule has 7 nitrogen and oxygen atoms in total. The number of carboxylic acids is 2. The summed E-state index contributed by atoms with van der Waals surface area (Å²) >= 11 is 1.47. The molecule has 1 N–H and O–H groups in total. The molecule has 9 heteroatoms. The maximum absolute atomic E-state index is 11.4. The Balaban J connectivity index is 0.000000682. The van der Waals surface area contributed by atoms with Crippen molar-refractivity contribution in [2.45, 2.75) is 146 Å². The second-order valence-corrected chi connectivity index (χ2v) is 12.1. The van der Waals surface area contributed by atoms with E-state index in [2.05, 4.69) is 18.6 Å². The molecule has 0 aromatic rings. The Labute approximate surface area is 233 Å². The maximum Gasteiger partial charge on any atom is 1.00 e. The molecule has 1 amide bonds. The van der Waals surface area contributed by atoms with Crippen molar-refractivity contribution >= 4 is 53.7 Å². The second-order valence-electron chi connectivity index (χ2n) is 10.3. The number of carbonyl (C=O) groups is 3. The fourth-order valence-electron chi connectivity index (χ4n) is 4.92. The number of β-lactam (4-membered cyclic amide) rings is 1. The van der Waals surface area contributed by atoms with Gasteiger partial charge in [-0.3, -0.25) is 14.7 Å². The number of nitrogens with zero attached hydrogens (tertiary/aromatic N) is 2. The first kappa shape index (κ1) is 35.0. The normalized spacial score (nSPS) is 21.5. The minimum absolute atomic E-state index is 0. The molecule has 2 heterocycles. The van der Waals surface area contributed by atoms with Crippen molar-refractivity contribution in [3.8, 4) is 0 Å². The monoisotopic (exact) mass is 538 g/mol. The number of carboxylic acid groups (broad SMARTS) is 2. The molecule has 2 radical (unpaired) electrons. The van der Waals surface area contributed by atoms with Crippen molar-refractivity contribution < 1.29 is 24.6 Å². The van der Waals surface area contributed by atoms with Crippen LogP contribution in [0.5, 0.6) is 0 Å². The quantitative estimate of drug-likeness (QED) is 0.112. The molecule has 0 saturated carbocycles. The summed E-state index contributed by atoms with van der Waals surface area (Å²) in [6.07, 6.45) is 20.3. The van der Waals surface area contributed by atoms with E-state index in [1.54, 1.807) is 13.8 Å². The average Bonchev–Trinajstić information content (AvgIpc) is 2.98. The molecule has 2 atom stereocenters. The molecule has 36 heavy (non-hydrogen) atoms. The Bertz CT molecular complexity index is 691. The van der Waals surface area contributed by atoms with Gasteiger partial charge < -0.3 is 15.0 Å². The Morgan fingerprint density at radius 2 is 1.39 bits per heavy atom. The standard InChI is InChI=1S/C18H36O2.C9H12N2O3S.Al/c1-2-3-4-5-6-7-8-9-10-11-12-13-14-15-16-17-18(19)20;1-8(2)9(10-3,7(13)14)11-5(12)4-6(11)15-8;/h2-17H2,1H3,(H,19,20);6H,3-4H2,1-2H3,(H,13,14);/q;;+1/p-1/t;6-,9+;/m.1./s1. The Kier molecular flexibility index (Phi) is 17.7. The van der Waals surface area contributed by atoms with Gasteiger partial charge in [-0.25, -0.2) is 4.79 Å². The van der Waals surface area contributed by atoms with Crippen LogP contribution in [0, 0.1) is 0 Å². The first-order valence-corrected chi connectivity index (χ1v) is 14.4. The summed E-state index contributed by atoms with van der Waals surface area (Å²) in [7, 11) is 0. The summed E-state index contributed by atoms with van der Waals surface area (Å²) in [6, 6.07) is 0. The van der Waals surface area contributed by atoms with E-state index in [4.69, 9.17) is 0 Å². The van der Waals surface area contributed by atoms with Crippen molar-refractivity contribution in [3.05, 3.63) is 0 Å². The summed E-state index contributed by atoms with van der Waals surface area (Å²) < 4.78 is -0.641. The largest absolute Gasteiger partial charge is 1.00 e. The van der Waals surface area contributed by atoms with E-state index in [0.717, 1.165) is 12.8 Å². The van der Waals surface area contributed by atoms with Crippen LogP contribution in [0.25, 0.3) is 0 Å². The third-order valence-corrected chi connectivity index (χ3v) is 8.56. The van der Waals surface area contributed by atoms with Crippen molar-refractivity contribution in [1.29, 1.82) is 0 Å². The summed E-state index contributed by atoms with van der Waals surface area (Å²) in [5.41, 5.74) is -1.50. The number of carbonyl (C=O) groups excluding carboxylic acids is 2. The smallest absolute Gasteiger partial charge is 0.550 e. The molecule has 2 rings (SSSR count). The van der Waals surface area contributed by atoms with Crippen LogP contribution >= 0.6 is 11.8 Å². The van der Waals surface area contributed by atoms with E-state index in [1.807, 2.05) is 0 Å². The van der Waals surface area contributed by atoms with Gasteiger partial charge >= 0.3 is 23.3 Å². The van der Waals surface area contributed by atoms with Gasteiger partial charge in [-0.1, -0.05) is 96.8 Å². The predicted molar refractivity (Wildman–Crippen MR) is 147 cm³/mol.